The maximum Gasteiger partial charge on any atom is 0.224 e. The van der Waals surface area contributed by atoms with Gasteiger partial charge in [-0.25, -0.2) is 0 Å². The summed E-state index contributed by atoms with van der Waals surface area (Å²) >= 11 is 6.46. The van der Waals surface area contributed by atoms with Gasteiger partial charge >= 0.3 is 0 Å². The monoisotopic (exact) mass is 418 g/mol. The molecule has 3 rings (SSSR count). The molecule has 29 heavy (non-hydrogen) atoms. The van der Waals surface area contributed by atoms with E-state index in [2.05, 4.69) is 10.2 Å². The fourth-order valence-electron chi connectivity index (χ4n) is 3.54. The second-order valence-electron chi connectivity index (χ2n) is 6.84. The number of rotatable bonds is 8. The molecule has 156 valence electrons. The highest BCUT2D eigenvalue weighted by atomic mass is 35.5. The quantitative estimate of drug-likeness (QED) is 0.713. The highest BCUT2D eigenvalue weighted by Gasteiger charge is 2.25. The van der Waals surface area contributed by atoms with Crippen LogP contribution in [0.4, 0.5) is 0 Å². The number of methoxy groups -OCH3 is 2. The number of ether oxygens (including phenoxy) is 3. The van der Waals surface area contributed by atoms with E-state index in [-0.39, 0.29) is 18.4 Å². The van der Waals surface area contributed by atoms with Crippen molar-refractivity contribution in [3.05, 3.63) is 58.6 Å². The third-order valence-corrected chi connectivity index (χ3v) is 5.43. The van der Waals surface area contributed by atoms with Crippen molar-refractivity contribution in [3.8, 4) is 11.5 Å². The summed E-state index contributed by atoms with van der Waals surface area (Å²) in [5.41, 5.74) is 1.79. The lowest BCUT2D eigenvalue weighted by Crippen LogP contribution is -2.44. The van der Waals surface area contributed by atoms with Gasteiger partial charge in [-0.1, -0.05) is 29.8 Å². The summed E-state index contributed by atoms with van der Waals surface area (Å²) in [5.74, 6) is 1.27. The number of benzene rings is 2. The number of nitrogens with zero attached hydrogens (tertiary/aromatic N) is 1. The van der Waals surface area contributed by atoms with Gasteiger partial charge in [-0.2, -0.15) is 0 Å². The van der Waals surface area contributed by atoms with Crippen LogP contribution in [0.5, 0.6) is 11.5 Å². The topological polar surface area (TPSA) is 60.0 Å². The van der Waals surface area contributed by atoms with Crippen LogP contribution in [0.25, 0.3) is 0 Å². The van der Waals surface area contributed by atoms with Crippen molar-refractivity contribution in [1.29, 1.82) is 0 Å². The summed E-state index contributed by atoms with van der Waals surface area (Å²) in [7, 11) is 3.19. The van der Waals surface area contributed by atoms with E-state index in [9.17, 15) is 4.79 Å². The van der Waals surface area contributed by atoms with E-state index in [0.29, 0.717) is 36.3 Å². The van der Waals surface area contributed by atoms with Crippen LogP contribution < -0.4 is 14.8 Å². The molecule has 0 bridgehead atoms. The van der Waals surface area contributed by atoms with Gasteiger partial charge in [0, 0.05) is 30.2 Å². The summed E-state index contributed by atoms with van der Waals surface area (Å²) in [4.78, 5) is 15.0. The van der Waals surface area contributed by atoms with E-state index in [1.54, 1.807) is 14.2 Å². The average Bonchev–Trinajstić information content (AvgIpc) is 2.75. The number of nitrogens with one attached hydrogen (secondary N) is 1. The minimum absolute atomic E-state index is 0.0104. The average molecular weight is 419 g/mol. The molecule has 1 unspecified atom stereocenters. The second kappa shape index (κ2) is 10.5. The molecule has 6 nitrogen and oxygen atoms in total. The summed E-state index contributed by atoms with van der Waals surface area (Å²) in [6.45, 7) is 3.42. The Morgan fingerprint density at radius 2 is 1.93 bits per heavy atom. The number of carbonyl (C=O) groups is 1. The van der Waals surface area contributed by atoms with Gasteiger partial charge in [0.2, 0.25) is 5.91 Å². The lowest BCUT2D eigenvalue weighted by Gasteiger charge is -2.35. The van der Waals surface area contributed by atoms with Gasteiger partial charge in [0.1, 0.15) is 11.5 Å². The zero-order chi connectivity index (χ0) is 20.6. The van der Waals surface area contributed by atoms with Crippen molar-refractivity contribution in [2.75, 3.05) is 47.1 Å². The SMILES string of the molecule is COc1ccc(OC)c(CC(=O)NCC(c2ccccc2Cl)N2CCOCC2)c1. The summed E-state index contributed by atoms with van der Waals surface area (Å²) in [6.07, 6.45) is 0.207. The van der Waals surface area contributed by atoms with Gasteiger partial charge < -0.3 is 19.5 Å². The van der Waals surface area contributed by atoms with Crippen LogP contribution in [0, 0.1) is 0 Å². The molecule has 1 aliphatic heterocycles. The predicted octanol–water partition coefficient (Wildman–Crippen LogP) is 3.09. The first-order valence-corrected chi connectivity index (χ1v) is 10.0. The first-order valence-electron chi connectivity index (χ1n) is 9.66. The third kappa shape index (κ3) is 5.63. The van der Waals surface area contributed by atoms with Crippen LogP contribution in [0.15, 0.2) is 42.5 Å². The number of morpholine rings is 1. The molecular formula is C22H27ClN2O4. The molecule has 1 heterocycles. The van der Waals surface area contributed by atoms with E-state index in [4.69, 9.17) is 25.8 Å². The van der Waals surface area contributed by atoms with Gasteiger partial charge in [-0.15, -0.1) is 0 Å². The highest BCUT2D eigenvalue weighted by Crippen LogP contribution is 2.28. The van der Waals surface area contributed by atoms with E-state index in [0.717, 1.165) is 24.2 Å². The van der Waals surface area contributed by atoms with Crippen molar-refractivity contribution < 1.29 is 19.0 Å². The summed E-state index contributed by atoms with van der Waals surface area (Å²) in [6, 6.07) is 13.2. The van der Waals surface area contributed by atoms with Crippen molar-refractivity contribution in [3.63, 3.8) is 0 Å². The minimum atomic E-state index is -0.0816. The molecule has 1 N–H and O–H groups in total. The van der Waals surface area contributed by atoms with Gasteiger partial charge in [0.15, 0.2) is 0 Å². The maximum atomic E-state index is 12.7. The molecule has 1 aliphatic rings. The van der Waals surface area contributed by atoms with E-state index >= 15 is 0 Å². The second-order valence-corrected chi connectivity index (χ2v) is 7.25. The third-order valence-electron chi connectivity index (χ3n) is 5.08. The molecule has 7 heteroatoms. The van der Waals surface area contributed by atoms with Crippen LogP contribution in [0.2, 0.25) is 5.02 Å². The molecular weight excluding hydrogens is 392 g/mol. The lowest BCUT2D eigenvalue weighted by molar-refractivity contribution is -0.120. The van der Waals surface area contributed by atoms with Crippen molar-refractivity contribution >= 4 is 17.5 Å². The van der Waals surface area contributed by atoms with Crippen LogP contribution in [0.1, 0.15) is 17.2 Å². The molecule has 2 aromatic rings. The number of carbonyl (C=O) groups excluding carboxylic acids is 1. The van der Waals surface area contributed by atoms with Gasteiger partial charge in [-0.05, 0) is 29.8 Å². The first kappa shape index (κ1) is 21.4. The van der Waals surface area contributed by atoms with E-state index in [1.165, 1.54) is 0 Å². The Kier molecular flexibility index (Phi) is 7.75. The van der Waals surface area contributed by atoms with Crippen LogP contribution >= 0.6 is 11.6 Å². The van der Waals surface area contributed by atoms with Crippen LogP contribution in [-0.4, -0.2) is 57.9 Å². The zero-order valence-electron chi connectivity index (χ0n) is 16.8. The number of amides is 1. The Hall–Kier alpha value is -2.28. The largest absolute Gasteiger partial charge is 0.497 e. The Bertz CT molecular complexity index is 824. The fraction of sp³-hybridized carbons (Fsp3) is 0.409. The molecule has 2 aromatic carbocycles. The molecule has 1 atom stereocenters. The molecule has 0 aromatic heterocycles. The van der Waals surface area contributed by atoms with Crippen LogP contribution in [0.3, 0.4) is 0 Å². The number of halogens is 1. The smallest absolute Gasteiger partial charge is 0.224 e. The summed E-state index contributed by atoms with van der Waals surface area (Å²) < 4.78 is 16.1. The van der Waals surface area contributed by atoms with Crippen molar-refractivity contribution in [2.24, 2.45) is 0 Å². The molecule has 1 fully saturated rings. The van der Waals surface area contributed by atoms with E-state index in [1.807, 2.05) is 42.5 Å². The molecule has 1 saturated heterocycles. The van der Waals surface area contributed by atoms with Crippen molar-refractivity contribution in [2.45, 2.75) is 12.5 Å². The highest BCUT2D eigenvalue weighted by molar-refractivity contribution is 6.31. The minimum Gasteiger partial charge on any atom is -0.497 e. The summed E-state index contributed by atoms with van der Waals surface area (Å²) in [5, 5.41) is 3.77. The fourth-order valence-corrected chi connectivity index (χ4v) is 3.80. The zero-order valence-corrected chi connectivity index (χ0v) is 17.6. The Morgan fingerprint density at radius 1 is 1.17 bits per heavy atom. The Labute approximate surface area is 176 Å². The maximum absolute atomic E-state index is 12.7. The van der Waals surface area contributed by atoms with Gasteiger partial charge in [-0.3, -0.25) is 9.69 Å². The van der Waals surface area contributed by atoms with Gasteiger partial charge in [0.25, 0.3) is 0 Å². The standard InChI is InChI=1S/C22H27ClN2O4/c1-27-17-7-8-21(28-2)16(13-17)14-22(26)24-15-20(25-9-11-29-12-10-25)18-5-3-4-6-19(18)23/h3-8,13,20H,9-12,14-15H2,1-2H3,(H,24,26). The normalized spacial score (nSPS) is 15.6. The predicted molar refractivity (Wildman–Crippen MR) is 113 cm³/mol. The number of hydrogen-bond acceptors (Lipinski definition) is 5. The van der Waals surface area contributed by atoms with Crippen LogP contribution in [-0.2, 0) is 16.0 Å². The molecule has 0 radical (unpaired) electrons. The number of hydrogen-bond donors (Lipinski definition) is 1. The van der Waals surface area contributed by atoms with Gasteiger partial charge in [0.05, 0.1) is 39.9 Å². The van der Waals surface area contributed by atoms with E-state index < -0.39 is 0 Å². The molecule has 0 spiro atoms. The molecule has 0 aliphatic carbocycles. The molecule has 0 saturated carbocycles. The first-order chi connectivity index (χ1) is 14.1. The van der Waals surface area contributed by atoms with Crippen molar-refractivity contribution in [1.82, 2.24) is 10.2 Å². The Morgan fingerprint density at radius 3 is 2.62 bits per heavy atom. The molecule has 1 amide bonds. The lowest BCUT2D eigenvalue weighted by atomic mass is 10.0. The Balaban J connectivity index is 1.71.